The summed E-state index contributed by atoms with van der Waals surface area (Å²) in [6, 6.07) is 6.49. The number of aromatic nitrogens is 2. The molecule has 1 saturated carbocycles. The second-order valence-corrected chi connectivity index (χ2v) is 7.78. The summed E-state index contributed by atoms with van der Waals surface area (Å²) in [5.41, 5.74) is 4.39. The lowest BCUT2D eigenvalue weighted by atomic mass is 9.61. The highest BCUT2D eigenvalue weighted by Gasteiger charge is 2.56. The van der Waals surface area contributed by atoms with E-state index in [-0.39, 0.29) is 11.2 Å². The highest BCUT2D eigenvalue weighted by Crippen LogP contribution is 2.56. The molecule has 26 heavy (non-hydrogen) atoms. The van der Waals surface area contributed by atoms with Crippen molar-refractivity contribution < 1.29 is 13.9 Å². The molecule has 0 radical (unpaired) electrons. The topological polar surface area (TPSA) is 36.3 Å². The number of benzene rings is 1. The Hall–Kier alpha value is -1.98. The van der Waals surface area contributed by atoms with E-state index in [1.807, 2.05) is 10.9 Å². The molecule has 1 aromatic carbocycles. The van der Waals surface area contributed by atoms with Gasteiger partial charge in [0.1, 0.15) is 5.82 Å². The van der Waals surface area contributed by atoms with Crippen molar-refractivity contribution in [1.29, 1.82) is 0 Å². The fourth-order valence-electron chi connectivity index (χ4n) is 4.84. The highest BCUT2D eigenvalue weighted by atomic mass is 19.1. The van der Waals surface area contributed by atoms with Crippen LogP contribution in [0.2, 0.25) is 0 Å². The van der Waals surface area contributed by atoms with Crippen LogP contribution in [0, 0.1) is 11.2 Å². The van der Waals surface area contributed by atoms with E-state index in [1.165, 1.54) is 23.3 Å². The minimum Gasteiger partial charge on any atom is -0.349 e. The summed E-state index contributed by atoms with van der Waals surface area (Å²) in [5, 5.41) is 4.59. The van der Waals surface area contributed by atoms with E-state index in [0.717, 1.165) is 56.7 Å². The van der Waals surface area contributed by atoms with Crippen LogP contribution in [-0.2, 0) is 15.9 Å². The minimum atomic E-state index is -0.509. The van der Waals surface area contributed by atoms with Crippen LogP contribution in [0.1, 0.15) is 43.9 Å². The summed E-state index contributed by atoms with van der Waals surface area (Å²) < 4.78 is 27.7. The van der Waals surface area contributed by atoms with E-state index in [0.29, 0.717) is 0 Å². The van der Waals surface area contributed by atoms with Crippen LogP contribution in [0.15, 0.2) is 36.0 Å². The van der Waals surface area contributed by atoms with Gasteiger partial charge in [-0.05, 0) is 61.6 Å². The molecule has 0 N–H and O–H groups in total. The number of nitrogens with zero attached hydrogens (tertiary/aromatic N) is 2. The molecule has 0 unspecified atom stereocenters. The summed E-state index contributed by atoms with van der Waals surface area (Å²) in [4.78, 5) is 0. The van der Waals surface area contributed by atoms with Crippen LogP contribution in [-0.4, -0.2) is 28.8 Å². The molecule has 5 rings (SSSR count). The number of fused-ring (bicyclic) bond motifs is 3. The van der Waals surface area contributed by atoms with Gasteiger partial charge in [0.2, 0.25) is 0 Å². The largest absolute Gasteiger partial charge is 0.349 e. The number of hydrogen-bond donors (Lipinski definition) is 0. The smallest absolute Gasteiger partial charge is 0.177 e. The van der Waals surface area contributed by atoms with Gasteiger partial charge < -0.3 is 9.47 Å². The lowest BCUT2D eigenvalue weighted by molar-refractivity contribution is -0.321. The molecule has 4 nitrogen and oxygen atoms in total. The van der Waals surface area contributed by atoms with Crippen molar-refractivity contribution in [3.05, 3.63) is 53.1 Å². The first-order chi connectivity index (χ1) is 12.6. The van der Waals surface area contributed by atoms with Crippen LogP contribution in [0.4, 0.5) is 4.39 Å². The maximum Gasteiger partial charge on any atom is 0.177 e. The van der Waals surface area contributed by atoms with Gasteiger partial charge in [-0.25, -0.2) is 9.07 Å². The predicted octanol–water partition coefficient (Wildman–Crippen LogP) is 4.27. The fraction of sp³-hybridized carbons (Fsp3) is 0.476. The standard InChI is InChI=1S/C21H23FN2O2/c1-20-13-15-14-23-24(18-7-5-17(22)6-8-18)19(15)12-16(20)4-2-9-21(20)25-10-3-11-26-21/h5-8,12,14H,2-4,9-11,13H2,1H3/t20-/m0/s1. The third kappa shape index (κ3) is 2.23. The second-order valence-electron chi connectivity index (χ2n) is 7.78. The zero-order chi connectivity index (χ0) is 17.8. The quantitative estimate of drug-likeness (QED) is 0.767. The molecule has 1 spiro atoms. The molecule has 1 saturated heterocycles. The molecular formula is C21H23FN2O2. The van der Waals surface area contributed by atoms with Crippen LogP contribution in [0.3, 0.4) is 0 Å². The molecule has 3 aliphatic rings. The first kappa shape index (κ1) is 16.2. The molecule has 2 heterocycles. The average Bonchev–Trinajstić information content (AvgIpc) is 3.05. The van der Waals surface area contributed by atoms with Gasteiger partial charge in [-0.1, -0.05) is 12.5 Å². The fourth-order valence-corrected chi connectivity index (χ4v) is 4.84. The molecule has 1 aliphatic heterocycles. The van der Waals surface area contributed by atoms with Gasteiger partial charge in [-0.3, -0.25) is 0 Å². The Balaban J connectivity index is 1.58. The highest BCUT2D eigenvalue weighted by molar-refractivity contribution is 5.61. The maximum absolute atomic E-state index is 13.3. The van der Waals surface area contributed by atoms with Crippen molar-refractivity contribution in [1.82, 2.24) is 9.78 Å². The van der Waals surface area contributed by atoms with Gasteiger partial charge in [0.25, 0.3) is 0 Å². The summed E-state index contributed by atoms with van der Waals surface area (Å²) in [6.45, 7) is 3.82. The molecule has 2 aromatic rings. The maximum atomic E-state index is 13.3. The predicted molar refractivity (Wildman–Crippen MR) is 96.4 cm³/mol. The van der Waals surface area contributed by atoms with Gasteiger partial charge in [-0.15, -0.1) is 0 Å². The molecule has 136 valence electrons. The monoisotopic (exact) mass is 354 g/mol. The Morgan fingerprint density at radius 1 is 1.12 bits per heavy atom. The van der Waals surface area contributed by atoms with E-state index in [1.54, 1.807) is 12.1 Å². The lowest BCUT2D eigenvalue weighted by Gasteiger charge is -2.54. The molecule has 2 fully saturated rings. The Bertz CT molecular complexity index is 859. The van der Waals surface area contributed by atoms with Crippen molar-refractivity contribution in [2.45, 2.75) is 44.8 Å². The van der Waals surface area contributed by atoms with Crippen LogP contribution < -0.4 is 0 Å². The van der Waals surface area contributed by atoms with Gasteiger partial charge in [-0.2, -0.15) is 5.10 Å². The SMILES string of the molecule is C[C@]12Cc3cnn(-c4ccc(F)cc4)c3C=C1CCCC21OCCCO1. The molecule has 5 heteroatoms. The Kier molecular flexibility index (Phi) is 3.59. The minimum absolute atomic E-state index is 0.157. The van der Waals surface area contributed by atoms with Crippen molar-refractivity contribution in [2.75, 3.05) is 13.2 Å². The number of hydrogen-bond acceptors (Lipinski definition) is 3. The summed E-state index contributed by atoms with van der Waals surface area (Å²) in [6.07, 6.45) is 9.09. The van der Waals surface area contributed by atoms with Crippen molar-refractivity contribution >= 4 is 6.08 Å². The summed E-state index contributed by atoms with van der Waals surface area (Å²) >= 11 is 0. The van der Waals surface area contributed by atoms with Gasteiger partial charge in [0, 0.05) is 11.8 Å². The number of rotatable bonds is 1. The zero-order valence-corrected chi connectivity index (χ0v) is 15.0. The van der Waals surface area contributed by atoms with E-state index < -0.39 is 5.79 Å². The number of ether oxygens (including phenoxy) is 2. The lowest BCUT2D eigenvalue weighted by Crippen LogP contribution is -2.57. The van der Waals surface area contributed by atoms with E-state index in [9.17, 15) is 4.39 Å². The molecular weight excluding hydrogens is 331 g/mol. The molecule has 1 atom stereocenters. The summed E-state index contributed by atoms with van der Waals surface area (Å²) in [5.74, 6) is -0.744. The Morgan fingerprint density at radius 3 is 2.65 bits per heavy atom. The summed E-state index contributed by atoms with van der Waals surface area (Å²) in [7, 11) is 0. The first-order valence-corrected chi connectivity index (χ1v) is 9.43. The Morgan fingerprint density at radius 2 is 1.88 bits per heavy atom. The first-order valence-electron chi connectivity index (χ1n) is 9.43. The third-order valence-corrected chi connectivity index (χ3v) is 6.27. The van der Waals surface area contributed by atoms with Crippen molar-refractivity contribution in [2.24, 2.45) is 5.41 Å². The third-order valence-electron chi connectivity index (χ3n) is 6.27. The molecule has 2 aliphatic carbocycles. The van der Waals surface area contributed by atoms with E-state index in [4.69, 9.17) is 9.47 Å². The zero-order valence-electron chi connectivity index (χ0n) is 15.0. The van der Waals surface area contributed by atoms with Crippen LogP contribution in [0.25, 0.3) is 11.8 Å². The molecule has 0 bridgehead atoms. The van der Waals surface area contributed by atoms with Crippen molar-refractivity contribution in [3.8, 4) is 5.69 Å². The molecule has 0 amide bonds. The van der Waals surface area contributed by atoms with Gasteiger partial charge >= 0.3 is 0 Å². The van der Waals surface area contributed by atoms with Gasteiger partial charge in [0.15, 0.2) is 5.79 Å². The average molecular weight is 354 g/mol. The van der Waals surface area contributed by atoms with Gasteiger partial charge in [0.05, 0.1) is 30.8 Å². The van der Waals surface area contributed by atoms with Crippen molar-refractivity contribution in [3.63, 3.8) is 0 Å². The van der Waals surface area contributed by atoms with E-state index >= 15 is 0 Å². The second kappa shape index (κ2) is 5.76. The normalized spacial score (nSPS) is 26.9. The van der Waals surface area contributed by atoms with Crippen LogP contribution in [0.5, 0.6) is 0 Å². The van der Waals surface area contributed by atoms with E-state index in [2.05, 4.69) is 18.1 Å². The van der Waals surface area contributed by atoms with Crippen LogP contribution >= 0.6 is 0 Å². The number of halogens is 1. The molecule has 1 aromatic heterocycles. The Labute approximate surface area is 152 Å².